The Morgan fingerprint density at radius 2 is 2.00 bits per heavy atom. The fraction of sp³-hybridized carbons (Fsp3) is 0.615. The lowest BCUT2D eigenvalue weighted by Gasteiger charge is -2.21. The number of hydrogen-bond acceptors (Lipinski definition) is 5. The van der Waals surface area contributed by atoms with Crippen LogP contribution >= 0.6 is 0 Å². The Morgan fingerprint density at radius 1 is 1.37 bits per heavy atom. The SMILES string of the molecule is Cc1nnc(N(C)CCOC(C)C)c(C(=O)O)c1C. The second kappa shape index (κ2) is 6.47. The number of ether oxygens (including phenoxy) is 1. The normalized spacial score (nSPS) is 10.8. The molecule has 1 heterocycles. The van der Waals surface area contributed by atoms with Crippen LogP contribution in [0.1, 0.15) is 35.5 Å². The highest BCUT2D eigenvalue weighted by atomic mass is 16.5. The monoisotopic (exact) mass is 267 g/mol. The lowest BCUT2D eigenvalue weighted by Crippen LogP contribution is -2.27. The number of carbonyl (C=O) groups is 1. The molecule has 19 heavy (non-hydrogen) atoms. The number of nitrogens with zero attached hydrogens (tertiary/aromatic N) is 3. The third kappa shape index (κ3) is 3.89. The fourth-order valence-corrected chi connectivity index (χ4v) is 1.65. The Hall–Kier alpha value is -1.69. The molecule has 0 fully saturated rings. The van der Waals surface area contributed by atoms with Gasteiger partial charge in [-0.1, -0.05) is 0 Å². The van der Waals surface area contributed by atoms with Crippen LogP contribution in [0.15, 0.2) is 0 Å². The summed E-state index contributed by atoms with van der Waals surface area (Å²) < 4.78 is 5.45. The van der Waals surface area contributed by atoms with E-state index in [1.54, 1.807) is 25.8 Å². The molecule has 106 valence electrons. The summed E-state index contributed by atoms with van der Waals surface area (Å²) in [5.74, 6) is -0.606. The van der Waals surface area contributed by atoms with Crippen molar-refractivity contribution in [1.29, 1.82) is 0 Å². The largest absolute Gasteiger partial charge is 0.478 e. The van der Waals surface area contributed by atoms with E-state index in [1.807, 2.05) is 13.8 Å². The van der Waals surface area contributed by atoms with E-state index in [1.165, 1.54) is 0 Å². The van der Waals surface area contributed by atoms with Gasteiger partial charge in [-0.3, -0.25) is 0 Å². The summed E-state index contributed by atoms with van der Waals surface area (Å²) in [5.41, 5.74) is 1.49. The molecule has 6 nitrogen and oxygen atoms in total. The van der Waals surface area contributed by atoms with Gasteiger partial charge >= 0.3 is 5.97 Å². The zero-order chi connectivity index (χ0) is 14.6. The molecule has 1 N–H and O–H groups in total. The average molecular weight is 267 g/mol. The summed E-state index contributed by atoms with van der Waals surface area (Å²) >= 11 is 0. The predicted octanol–water partition coefficient (Wildman–Crippen LogP) is 1.65. The van der Waals surface area contributed by atoms with Crippen LogP contribution in [0.3, 0.4) is 0 Å². The van der Waals surface area contributed by atoms with Crippen molar-refractivity contribution in [1.82, 2.24) is 10.2 Å². The standard InChI is InChI=1S/C13H21N3O3/c1-8(2)19-7-6-16(5)12-11(13(17)18)9(3)10(4)14-15-12/h8H,6-7H2,1-5H3,(H,17,18). The van der Waals surface area contributed by atoms with Crippen molar-refractivity contribution in [3.8, 4) is 0 Å². The summed E-state index contributed by atoms with van der Waals surface area (Å²) in [6.45, 7) is 8.49. The van der Waals surface area contributed by atoms with E-state index in [4.69, 9.17) is 4.74 Å². The summed E-state index contributed by atoms with van der Waals surface area (Å²) in [4.78, 5) is 13.1. The first-order chi connectivity index (χ1) is 8.84. The minimum absolute atomic E-state index is 0.151. The van der Waals surface area contributed by atoms with Gasteiger partial charge in [0.25, 0.3) is 0 Å². The number of anilines is 1. The maximum absolute atomic E-state index is 11.4. The molecule has 0 atom stereocenters. The molecule has 0 spiro atoms. The Kier molecular flexibility index (Phi) is 5.23. The Bertz CT molecular complexity index is 461. The van der Waals surface area contributed by atoms with Crippen molar-refractivity contribution in [3.05, 3.63) is 16.8 Å². The third-order valence-corrected chi connectivity index (χ3v) is 2.89. The number of rotatable bonds is 6. The fourth-order valence-electron chi connectivity index (χ4n) is 1.65. The molecule has 1 aromatic heterocycles. The van der Waals surface area contributed by atoms with Crippen LogP contribution < -0.4 is 4.90 Å². The van der Waals surface area contributed by atoms with E-state index >= 15 is 0 Å². The average Bonchev–Trinajstić information content (AvgIpc) is 2.31. The zero-order valence-corrected chi connectivity index (χ0v) is 12.1. The third-order valence-electron chi connectivity index (χ3n) is 2.89. The molecular weight excluding hydrogens is 246 g/mol. The highest BCUT2D eigenvalue weighted by Crippen LogP contribution is 2.21. The molecule has 0 aliphatic heterocycles. The van der Waals surface area contributed by atoms with Crippen LogP contribution in [0.4, 0.5) is 5.82 Å². The van der Waals surface area contributed by atoms with Gasteiger partial charge < -0.3 is 14.7 Å². The summed E-state index contributed by atoms with van der Waals surface area (Å²) in [5, 5.41) is 17.3. The van der Waals surface area contributed by atoms with E-state index in [9.17, 15) is 9.90 Å². The topological polar surface area (TPSA) is 75.5 Å². The minimum atomic E-state index is -0.984. The summed E-state index contributed by atoms with van der Waals surface area (Å²) in [6, 6.07) is 0. The quantitative estimate of drug-likeness (QED) is 0.844. The van der Waals surface area contributed by atoms with E-state index in [2.05, 4.69) is 10.2 Å². The van der Waals surface area contributed by atoms with Gasteiger partial charge in [0.1, 0.15) is 5.56 Å². The Labute approximate surface area is 113 Å². The molecule has 1 rings (SSSR count). The molecule has 0 saturated carbocycles. The number of aromatic nitrogens is 2. The van der Waals surface area contributed by atoms with E-state index < -0.39 is 5.97 Å². The first-order valence-electron chi connectivity index (χ1n) is 6.24. The Morgan fingerprint density at radius 3 is 2.53 bits per heavy atom. The van der Waals surface area contributed by atoms with Crippen LogP contribution in [0.5, 0.6) is 0 Å². The minimum Gasteiger partial charge on any atom is -0.478 e. The second-order valence-electron chi connectivity index (χ2n) is 4.76. The second-order valence-corrected chi connectivity index (χ2v) is 4.76. The van der Waals surface area contributed by atoms with Crippen LogP contribution in [0, 0.1) is 13.8 Å². The number of likely N-dealkylation sites (N-methyl/N-ethyl adjacent to an activating group) is 1. The van der Waals surface area contributed by atoms with E-state index in [0.717, 1.165) is 0 Å². The first-order valence-corrected chi connectivity index (χ1v) is 6.24. The van der Waals surface area contributed by atoms with E-state index in [-0.39, 0.29) is 11.7 Å². The molecule has 0 saturated heterocycles. The lowest BCUT2D eigenvalue weighted by molar-refractivity contribution is 0.0694. The molecule has 0 bridgehead atoms. The van der Waals surface area contributed by atoms with Crippen LogP contribution in [-0.4, -0.2) is 47.6 Å². The van der Waals surface area contributed by atoms with Gasteiger partial charge in [0.15, 0.2) is 5.82 Å². The van der Waals surface area contributed by atoms with Gasteiger partial charge in [0.05, 0.1) is 18.4 Å². The number of aromatic carboxylic acids is 1. The highest BCUT2D eigenvalue weighted by molar-refractivity contribution is 5.95. The van der Waals surface area contributed by atoms with Crippen molar-refractivity contribution in [3.63, 3.8) is 0 Å². The first kappa shape index (κ1) is 15.4. The van der Waals surface area contributed by atoms with Gasteiger partial charge in [-0.2, -0.15) is 5.10 Å². The van der Waals surface area contributed by atoms with Crippen molar-refractivity contribution in [2.45, 2.75) is 33.8 Å². The molecular formula is C13H21N3O3. The number of carboxylic acids is 1. The van der Waals surface area contributed by atoms with Gasteiger partial charge in [0.2, 0.25) is 0 Å². The Balaban J connectivity index is 2.93. The summed E-state index contributed by atoms with van der Waals surface area (Å²) in [7, 11) is 1.79. The number of hydrogen-bond donors (Lipinski definition) is 1. The number of carboxylic acid groups (broad SMARTS) is 1. The molecule has 0 unspecified atom stereocenters. The maximum Gasteiger partial charge on any atom is 0.339 e. The van der Waals surface area contributed by atoms with Crippen molar-refractivity contribution >= 4 is 11.8 Å². The van der Waals surface area contributed by atoms with Crippen molar-refractivity contribution < 1.29 is 14.6 Å². The van der Waals surface area contributed by atoms with Crippen LogP contribution in [0.2, 0.25) is 0 Å². The molecule has 1 aromatic rings. The number of aryl methyl sites for hydroxylation is 1. The molecule has 0 aliphatic rings. The van der Waals surface area contributed by atoms with Gasteiger partial charge in [-0.25, -0.2) is 4.79 Å². The van der Waals surface area contributed by atoms with Crippen LogP contribution in [-0.2, 0) is 4.74 Å². The van der Waals surface area contributed by atoms with Gasteiger partial charge in [-0.05, 0) is 33.3 Å². The maximum atomic E-state index is 11.4. The van der Waals surface area contributed by atoms with Crippen LogP contribution in [0.25, 0.3) is 0 Å². The molecule has 0 aliphatic carbocycles. The van der Waals surface area contributed by atoms with E-state index in [0.29, 0.717) is 30.2 Å². The smallest absolute Gasteiger partial charge is 0.339 e. The van der Waals surface area contributed by atoms with Crippen molar-refractivity contribution in [2.75, 3.05) is 25.1 Å². The predicted molar refractivity (Wildman–Crippen MR) is 72.8 cm³/mol. The summed E-state index contributed by atoms with van der Waals surface area (Å²) in [6.07, 6.45) is 0.151. The lowest BCUT2D eigenvalue weighted by atomic mass is 10.1. The van der Waals surface area contributed by atoms with Gasteiger partial charge in [-0.15, -0.1) is 5.10 Å². The zero-order valence-electron chi connectivity index (χ0n) is 12.1. The molecule has 6 heteroatoms. The van der Waals surface area contributed by atoms with Gasteiger partial charge in [0, 0.05) is 13.6 Å². The molecule has 0 radical (unpaired) electrons. The molecule has 0 aromatic carbocycles. The van der Waals surface area contributed by atoms with Crippen molar-refractivity contribution in [2.24, 2.45) is 0 Å². The molecule has 0 amide bonds. The highest BCUT2D eigenvalue weighted by Gasteiger charge is 2.20.